The molecule has 0 amide bonds. The van der Waals surface area contributed by atoms with Crippen molar-refractivity contribution in [3.63, 3.8) is 0 Å². The molecule has 0 radical (unpaired) electrons. The molecule has 34 heavy (non-hydrogen) atoms. The SMILES string of the molecule is CC(C)(C=NCC1(C)CC(N=CC(C)(C)Cc2ccccc2)CC(C)(C)C1)Cc1ccccc1. The largest absolute Gasteiger partial charge is 0.296 e. The molecule has 2 aromatic carbocycles. The minimum atomic E-state index is 0.0545. The Morgan fingerprint density at radius 3 is 1.79 bits per heavy atom. The smallest absolute Gasteiger partial charge is 0.0506 e. The zero-order chi connectivity index (χ0) is 24.9. The topological polar surface area (TPSA) is 24.7 Å². The van der Waals surface area contributed by atoms with E-state index >= 15 is 0 Å². The highest BCUT2D eigenvalue weighted by molar-refractivity contribution is 5.66. The summed E-state index contributed by atoms with van der Waals surface area (Å²) >= 11 is 0. The molecule has 3 rings (SSSR count). The molecule has 2 aromatic rings. The van der Waals surface area contributed by atoms with Gasteiger partial charge in [0.2, 0.25) is 0 Å². The average molecular weight is 459 g/mol. The highest BCUT2D eigenvalue weighted by atomic mass is 14.8. The van der Waals surface area contributed by atoms with Crippen LogP contribution in [0.4, 0.5) is 0 Å². The van der Waals surface area contributed by atoms with E-state index in [9.17, 15) is 0 Å². The van der Waals surface area contributed by atoms with Crippen molar-refractivity contribution in [2.75, 3.05) is 6.54 Å². The van der Waals surface area contributed by atoms with Gasteiger partial charge in [-0.15, -0.1) is 0 Å². The van der Waals surface area contributed by atoms with Gasteiger partial charge in [0, 0.05) is 29.8 Å². The maximum Gasteiger partial charge on any atom is 0.0506 e. The fourth-order valence-electron chi connectivity index (χ4n) is 5.96. The number of nitrogens with zero attached hydrogens (tertiary/aromatic N) is 2. The molecule has 1 aliphatic carbocycles. The van der Waals surface area contributed by atoms with Crippen LogP contribution in [0.15, 0.2) is 70.6 Å². The fourth-order valence-corrected chi connectivity index (χ4v) is 5.96. The lowest BCUT2D eigenvalue weighted by Gasteiger charge is -2.45. The lowest BCUT2D eigenvalue weighted by Crippen LogP contribution is -2.40. The van der Waals surface area contributed by atoms with Crippen LogP contribution >= 0.6 is 0 Å². The number of aliphatic imine (C=N–C) groups is 2. The van der Waals surface area contributed by atoms with Gasteiger partial charge in [0.1, 0.15) is 0 Å². The molecule has 0 N–H and O–H groups in total. The van der Waals surface area contributed by atoms with Crippen molar-refractivity contribution in [3.05, 3.63) is 71.8 Å². The van der Waals surface area contributed by atoms with E-state index < -0.39 is 0 Å². The van der Waals surface area contributed by atoms with Crippen LogP contribution in [-0.4, -0.2) is 25.0 Å². The Bertz CT molecular complexity index is 953. The molecule has 0 saturated heterocycles. The van der Waals surface area contributed by atoms with Gasteiger partial charge in [0.25, 0.3) is 0 Å². The van der Waals surface area contributed by atoms with Gasteiger partial charge in [-0.1, -0.05) is 109 Å². The maximum absolute atomic E-state index is 5.18. The lowest BCUT2D eigenvalue weighted by molar-refractivity contribution is 0.0914. The van der Waals surface area contributed by atoms with Gasteiger partial charge in [0.05, 0.1) is 6.04 Å². The van der Waals surface area contributed by atoms with Crippen molar-refractivity contribution in [3.8, 4) is 0 Å². The normalized spacial score (nSPS) is 23.6. The Balaban J connectivity index is 1.64. The summed E-state index contributed by atoms with van der Waals surface area (Å²) in [5.41, 5.74) is 3.33. The monoisotopic (exact) mass is 458 g/mol. The van der Waals surface area contributed by atoms with Gasteiger partial charge in [-0.25, -0.2) is 0 Å². The molecule has 0 aliphatic heterocycles. The molecule has 0 spiro atoms. The van der Waals surface area contributed by atoms with Crippen molar-refractivity contribution < 1.29 is 0 Å². The van der Waals surface area contributed by atoms with Crippen molar-refractivity contribution >= 4 is 12.4 Å². The van der Waals surface area contributed by atoms with Crippen molar-refractivity contribution in [1.82, 2.24) is 0 Å². The fraction of sp³-hybridized carbons (Fsp3) is 0.562. The molecule has 2 unspecified atom stereocenters. The third-order valence-corrected chi connectivity index (χ3v) is 6.98. The molecule has 2 nitrogen and oxygen atoms in total. The van der Waals surface area contributed by atoms with Gasteiger partial charge >= 0.3 is 0 Å². The first-order valence-corrected chi connectivity index (χ1v) is 13.0. The third-order valence-electron chi connectivity index (χ3n) is 6.98. The van der Waals surface area contributed by atoms with Gasteiger partial charge in [-0.3, -0.25) is 9.98 Å². The van der Waals surface area contributed by atoms with Crippen LogP contribution in [0.2, 0.25) is 0 Å². The summed E-state index contributed by atoms with van der Waals surface area (Å²) in [7, 11) is 0. The zero-order valence-corrected chi connectivity index (χ0v) is 22.6. The first-order valence-electron chi connectivity index (χ1n) is 13.0. The predicted octanol–water partition coefficient (Wildman–Crippen LogP) is 8.25. The molecule has 1 fully saturated rings. The first-order chi connectivity index (χ1) is 15.9. The number of benzene rings is 2. The molecule has 184 valence electrons. The zero-order valence-electron chi connectivity index (χ0n) is 22.6. The molecule has 1 aliphatic rings. The van der Waals surface area contributed by atoms with E-state index in [4.69, 9.17) is 9.98 Å². The number of rotatable bonds is 9. The second-order valence-corrected chi connectivity index (χ2v) is 13.3. The van der Waals surface area contributed by atoms with E-state index in [0.29, 0.717) is 6.04 Å². The predicted molar refractivity (Wildman–Crippen MR) is 149 cm³/mol. The molecular weight excluding hydrogens is 412 g/mol. The van der Waals surface area contributed by atoms with Crippen LogP contribution < -0.4 is 0 Å². The quantitative estimate of drug-likeness (QED) is 0.338. The van der Waals surface area contributed by atoms with E-state index in [1.165, 1.54) is 17.5 Å². The Kier molecular flexibility index (Phi) is 8.22. The minimum absolute atomic E-state index is 0.0545. The second kappa shape index (κ2) is 10.6. The van der Waals surface area contributed by atoms with Crippen molar-refractivity contribution in [1.29, 1.82) is 0 Å². The van der Waals surface area contributed by atoms with Crippen LogP contribution in [-0.2, 0) is 12.8 Å². The van der Waals surface area contributed by atoms with Gasteiger partial charge in [-0.05, 0) is 54.1 Å². The van der Waals surface area contributed by atoms with E-state index in [0.717, 1.165) is 32.2 Å². The summed E-state index contributed by atoms with van der Waals surface area (Å²) in [5.74, 6) is 0. The van der Waals surface area contributed by atoms with Gasteiger partial charge < -0.3 is 0 Å². The molecule has 1 saturated carbocycles. The Hall–Kier alpha value is -2.22. The molecule has 0 bridgehead atoms. The summed E-state index contributed by atoms with van der Waals surface area (Å²) in [6, 6.07) is 21.9. The second-order valence-electron chi connectivity index (χ2n) is 13.3. The Labute approximate surface area is 209 Å². The Morgan fingerprint density at radius 2 is 1.26 bits per heavy atom. The molecular formula is C32H46N2. The van der Waals surface area contributed by atoms with E-state index in [-0.39, 0.29) is 21.7 Å². The molecule has 2 atom stereocenters. The number of hydrogen-bond donors (Lipinski definition) is 0. The first kappa shape index (κ1) is 26.4. The average Bonchev–Trinajstić information content (AvgIpc) is 2.71. The highest BCUT2D eigenvalue weighted by Crippen LogP contribution is 2.47. The summed E-state index contributed by atoms with van der Waals surface area (Å²) in [6.07, 6.45) is 9.95. The summed E-state index contributed by atoms with van der Waals surface area (Å²) in [6.45, 7) is 17.3. The summed E-state index contributed by atoms with van der Waals surface area (Å²) in [4.78, 5) is 10.2. The van der Waals surface area contributed by atoms with Crippen molar-refractivity contribution in [2.45, 2.75) is 86.6 Å². The lowest BCUT2D eigenvalue weighted by atomic mass is 9.62. The highest BCUT2D eigenvalue weighted by Gasteiger charge is 2.41. The maximum atomic E-state index is 5.18. The molecule has 0 heterocycles. The Morgan fingerprint density at radius 1 is 0.765 bits per heavy atom. The van der Waals surface area contributed by atoms with Crippen LogP contribution in [0.3, 0.4) is 0 Å². The third kappa shape index (κ3) is 8.53. The minimum Gasteiger partial charge on any atom is -0.296 e. The van der Waals surface area contributed by atoms with Crippen LogP contribution in [0, 0.1) is 21.7 Å². The van der Waals surface area contributed by atoms with E-state index in [1.54, 1.807) is 0 Å². The van der Waals surface area contributed by atoms with E-state index in [2.05, 4.69) is 122 Å². The molecule has 2 heteroatoms. The van der Waals surface area contributed by atoms with Crippen LogP contribution in [0.1, 0.15) is 78.9 Å². The molecule has 0 aromatic heterocycles. The number of hydrogen-bond acceptors (Lipinski definition) is 2. The van der Waals surface area contributed by atoms with Gasteiger partial charge in [-0.2, -0.15) is 0 Å². The summed E-state index contributed by atoms with van der Waals surface area (Å²) in [5, 5.41) is 0. The van der Waals surface area contributed by atoms with Gasteiger partial charge in [0.15, 0.2) is 0 Å². The van der Waals surface area contributed by atoms with Crippen LogP contribution in [0.5, 0.6) is 0 Å². The summed E-state index contributed by atoms with van der Waals surface area (Å²) < 4.78 is 0. The van der Waals surface area contributed by atoms with Crippen molar-refractivity contribution in [2.24, 2.45) is 31.6 Å². The standard InChI is InChI=1S/C32H46N2/c1-29(2)20-28(34-24-31(5,6)19-27-16-12-9-13-17-27)21-32(7,22-29)25-33-23-30(3,4)18-26-14-10-8-11-15-26/h8-17,23-24,28H,18-22,25H2,1-7H3. The van der Waals surface area contributed by atoms with Crippen LogP contribution in [0.25, 0.3) is 0 Å². The van der Waals surface area contributed by atoms with E-state index in [1.807, 2.05) is 0 Å².